The highest BCUT2D eigenvalue weighted by Gasteiger charge is 2.33. The molecule has 1 amide bonds. The van der Waals surface area contributed by atoms with E-state index in [1.165, 1.54) is 0 Å². The standard InChI is InChI=1S/C19H26N4O2/c24-16-12-23(13-16)15-7-10-21(11-8-15)19(25)6-3-9-22-14-20-17-4-1-2-5-18(17)22/h1-2,4-5,14-16,24H,3,6-13H2. The summed E-state index contributed by atoms with van der Waals surface area (Å²) >= 11 is 0. The number of aryl methyl sites for hydroxylation is 1. The van der Waals surface area contributed by atoms with Crippen molar-refractivity contribution in [1.82, 2.24) is 19.4 Å². The first-order valence-corrected chi connectivity index (χ1v) is 9.30. The third kappa shape index (κ3) is 3.55. The van der Waals surface area contributed by atoms with Crippen LogP contribution < -0.4 is 0 Å². The van der Waals surface area contributed by atoms with Crippen LogP contribution in [0.25, 0.3) is 11.0 Å². The number of β-amino-alcohol motifs (C(OH)–C–C–N with tert-alkyl or cyclic N) is 1. The molecule has 3 heterocycles. The van der Waals surface area contributed by atoms with Crippen LogP contribution in [0.4, 0.5) is 0 Å². The molecular formula is C19H26N4O2. The molecule has 1 aromatic carbocycles. The quantitative estimate of drug-likeness (QED) is 0.894. The number of carbonyl (C=O) groups excluding carboxylic acids is 1. The lowest BCUT2D eigenvalue weighted by Crippen LogP contribution is -2.58. The molecule has 2 aliphatic rings. The number of hydrogen-bond acceptors (Lipinski definition) is 4. The molecule has 6 heteroatoms. The van der Waals surface area contributed by atoms with Crippen molar-refractivity contribution in [2.75, 3.05) is 26.2 Å². The van der Waals surface area contributed by atoms with Crippen LogP contribution in [-0.2, 0) is 11.3 Å². The number of fused-ring (bicyclic) bond motifs is 1. The first kappa shape index (κ1) is 16.5. The monoisotopic (exact) mass is 342 g/mol. The number of nitrogens with zero attached hydrogens (tertiary/aromatic N) is 4. The van der Waals surface area contributed by atoms with E-state index in [-0.39, 0.29) is 12.0 Å². The van der Waals surface area contributed by atoms with Crippen LogP contribution >= 0.6 is 0 Å². The second-order valence-corrected chi connectivity index (χ2v) is 7.25. The van der Waals surface area contributed by atoms with Gasteiger partial charge in [0, 0.05) is 45.2 Å². The molecule has 25 heavy (non-hydrogen) atoms. The smallest absolute Gasteiger partial charge is 0.222 e. The zero-order valence-electron chi connectivity index (χ0n) is 14.5. The van der Waals surface area contributed by atoms with Crippen LogP contribution in [0.2, 0.25) is 0 Å². The van der Waals surface area contributed by atoms with E-state index in [1.54, 1.807) is 0 Å². The minimum absolute atomic E-state index is 0.140. The molecule has 6 nitrogen and oxygen atoms in total. The highest BCUT2D eigenvalue weighted by Crippen LogP contribution is 2.22. The first-order chi connectivity index (χ1) is 12.2. The minimum Gasteiger partial charge on any atom is -0.390 e. The molecule has 134 valence electrons. The van der Waals surface area contributed by atoms with Gasteiger partial charge in [0.05, 0.1) is 23.5 Å². The zero-order chi connectivity index (χ0) is 17.2. The fourth-order valence-corrected chi connectivity index (χ4v) is 4.01. The molecular weight excluding hydrogens is 316 g/mol. The number of hydrogen-bond donors (Lipinski definition) is 1. The van der Waals surface area contributed by atoms with E-state index in [1.807, 2.05) is 29.4 Å². The van der Waals surface area contributed by atoms with Crippen molar-refractivity contribution in [3.63, 3.8) is 0 Å². The number of aliphatic hydroxyl groups is 1. The molecule has 1 N–H and O–H groups in total. The molecule has 2 fully saturated rings. The molecule has 1 aromatic heterocycles. The number of carbonyl (C=O) groups is 1. The molecule has 0 atom stereocenters. The van der Waals surface area contributed by atoms with Crippen molar-refractivity contribution in [2.45, 2.75) is 44.4 Å². The van der Waals surface area contributed by atoms with Crippen LogP contribution in [0.1, 0.15) is 25.7 Å². The number of aliphatic hydroxyl groups excluding tert-OH is 1. The molecule has 0 radical (unpaired) electrons. The molecule has 0 unspecified atom stereocenters. The Morgan fingerprint density at radius 1 is 1.20 bits per heavy atom. The minimum atomic E-state index is -0.140. The van der Waals surface area contributed by atoms with Gasteiger partial charge in [-0.3, -0.25) is 9.69 Å². The SMILES string of the molecule is O=C(CCCn1cnc2ccccc21)N1CCC(N2CC(O)C2)CC1. The maximum Gasteiger partial charge on any atom is 0.222 e. The van der Waals surface area contributed by atoms with Crippen molar-refractivity contribution < 1.29 is 9.90 Å². The molecule has 0 spiro atoms. The summed E-state index contributed by atoms with van der Waals surface area (Å²) in [6, 6.07) is 8.64. The highest BCUT2D eigenvalue weighted by molar-refractivity contribution is 5.76. The third-order valence-electron chi connectivity index (χ3n) is 5.54. The predicted octanol–water partition coefficient (Wildman–Crippen LogP) is 1.48. The van der Waals surface area contributed by atoms with E-state index < -0.39 is 0 Å². The second kappa shape index (κ2) is 7.14. The number of piperidine rings is 1. The van der Waals surface area contributed by atoms with Crippen molar-refractivity contribution >= 4 is 16.9 Å². The molecule has 2 aromatic rings. The summed E-state index contributed by atoms with van der Waals surface area (Å²) in [6.07, 6.45) is 5.23. The lowest BCUT2D eigenvalue weighted by molar-refractivity contribution is -0.133. The summed E-state index contributed by atoms with van der Waals surface area (Å²) in [6.45, 7) is 4.14. The van der Waals surface area contributed by atoms with Gasteiger partial charge in [0.15, 0.2) is 0 Å². The van der Waals surface area contributed by atoms with Gasteiger partial charge in [-0.05, 0) is 31.4 Å². The maximum atomic E-state index is 12.4. The predicted molar refractivity (Wildman–Crippen MR) is 96.1 cm³/mol. The van der Waals surface area contributed by atoms with Crippen molar-refractivity contribution in [3.8, 4) is 0 Å². The van der Waals surface area contributed by atoms with E-state index >= 15 is 0 Å². The van der Waals surface area contributed by atoms with Crippen LogP contribution in [0.15, 0.2) is 30.6 Å². The summed E-state index contributed by atoms with van der Waals surface area (Å²) in [5.74, 6) is 0.270. The summed E-state index contributed by atoms with van der Waals surface area (Å²) in [7, 11) is 0. The van der Waals surface area contributed by atoms with E-state index in [4.69, 9.17) is 0 Å². The van der Waals surface area contributed by atoms with E-state index in [2.05, 4.69) is 20.5 Å². The summed E-state index contributed by atoms with van der Waals surface area (Å²) in [5.41, 5.74) is 2.14. The van der Waals surface area contributed by atoms with Crippen molar-refractivity contribution in [3.05, 3.63) is 30.6 Å². The van der Waals surface area contributed by atoms with Crippen LogP contribution in [0.3, 0.4) is 0 Å². The van der Waals surface area contributed by atoms with E-state index in [0.29, 0.717) is 12.5 Å². The number of amides is 1. The largest absolute Gasteiger partial charge is 0.390 e. The molecule has 2 aliphatic heterocycles. The highest BCUT2D eigenvalue weighted by atomic mass is 16.3. The Kier molecular flexibility index (Phi) is 4.72. The van der Waals surface area contributed by atoms with E-state index in [0.717, 1.165) is 63.0 Å². The third-order valence-corrected chi connectivity index (χ3v) is 5.54. The van der Waals surface area contributed by atoms with Gasteiger partial charge in [-0.2, -0.15) is 0 Å². The van der Waals surface area contributed by atoms with Gasteiger partial charge in [0.25, 0.3) is 0 Å². The second-order valence-electron chi connectivity index (χ2n) is 7.25. The van der Waals surface area contributed by atoms with Gasteiger partial charge in [-0.1, -0.05) is 12.1 Å². The normalized spacial score (nSPS) is 20.1. The molecule has 2 saturated heterocycles. The van der Waals surface area contributed by atoms with Gasteiger partial charge in [-0.25, -0.2) is 4.98 Å². The van der Waals surface area contributed by atoms with Gasteiger partial charge in [0.2, 0.25) is 5.91 Å². The fourth-order valence-electron chi connectivity index (χ4n) is 4.01. The van der Waals surface area contributed by atoms with Gasteiger partial charge < -0.3 is 14.6 Å². The van der Waals surface area contributed by atoms with Crippen LogP contribution in [0.5, 0.6) is 0 Å². The van der Waals surface area contributed by atoms with Gasteiger partial charge in [-0.15, -0.1) is 0 Å². The molecule has 0 saturated carbocycles. The lowest BCUT2D eigenvalue weighted by Gasteiger charge is -2.45. The molecule has 4 rings (SSSR count). The van der Waals surface area contributed by atoms with Crippen molar-refractivity contribution in [1.29, 1.82) is 0 Å². The summed E-state index contributed by atoms with van der Waals surface area (Å²) in [4.78, 5) is 21.2. The number of likely N-dealkylation sites (tertiary alicyclic amines) is 2. The number of benzene rings is 1. The number of para-hydroxylation sites is 2. The Bertz CT molecular complexity index is 730. The number of aromatic nitrogens is 2. The van der Waals surface area contributed by atoms with Gasteiger partial charge >= 0.3 is 0 Å². The van der Waals surface area contributed by atoms with E-state index in [9.17, 15) is 9.90 Å². The molecule has 0 bridgehead atoms. The Morgan fingerprint density at radius 2 is 1.96 bits per heavy atom. The Labute approximate surface area is 148 Å². The Morgan fingerprint density at radius 3 is 2.72 bits per heavy atom. The topological polar surface area (TPSA) is 61.6 Å². The van der Waals surface area contributed by atoms with Crippen LogP contribution in [0, 0.1) is 0 Å². The fraction of sp³-hybridized carbons (Fsp3) is 0.579. The number of imidazole rings is 1. The summed E-state index contributed by atoms with van der Waals surface area (Å²) in [5, 5.41) is 9.42. The lowest BCUT2D eigenvalue weighted by atomic mass is 9.98. The molecule has 0 aliphatic carbocycles. The zero-order valence-corrected chi connectivity index (χ0v) is 14.5. The average Bonchev–Trinajstić information content (AvgIpc) is 3.02. The van der Waals surface area contributed by atoms with Gasteiger partial charge in [0.1, 0.15) is 0 Å². The van der Waals surface area contributed by atoms with Crippen LogP contribution in [-0.4, -0.2) is 68.7 Å². The Hall–Kier alpha value is -1.92. The number of rotatable bonds is 5. The summed E-state index contributed by atoms with van der Waals surface area (Å²) < 4.78 is 2.13. The maximum absolute atomic E-state index is 12.4. The van der Waals surface area contributed by atoms with Crippen molar-refractivity contribution in [2.24, 2.45) is 0 Å². The Balaban J connectivity index is 1.22. The average molecular weight is 342 g/mol. The first-order valence-electron chi connectivity index (χ1n) is 9.30.